The zero-order valence-electron chi connectivity index (χ0n) is 10.4. The molecule has 0 amide bonds. The number of benzene rings is 1. The quantitative estimate of drug-likeness (QED) is 0.916. The first-order valence-electron chi connectivity index (χ1n) is 5.90. The maximum atomic E-state index is 6.24. The minimum Gasteiger partial charge on any atom is -0.492 e. The molecule has 3 nitrogen and oxygen atoms in total. The first kappa shape index (κ1) is 14.3. The van der Waals surface area contributed by atoms with Crippen LogP contribution in [0.5, 0.6) is 5.75 Å². The van der Waals surface area contributed by atoms with Gasteiger partial charge in [0, 0.05) is 15.7 Å². The Labute approximate surface area is 125 Å². The maximum absolute atomic E-state index is 6.24. The lowest BCUT2D eigenvalue weighted by Crippen LogP contribution is -2.13. The lowest BCUT2D eigenvalue weighted by Gasteiger charge is -2.15. The summed E-state index contributed by atoms with van der Waals surface area (Å²) in [5.41, 5.74) is 7.97. The number of aromatic nitrogens is 1. The smallest absolute Gasteiger partial charge is 0.137 e. The molecule has 0 bridgehead atoms. The summed E-state index contributed by atoms with van der Waals surface area (Å²) in [6.45, 7) is 2.53. The van der Waals surface area contributed by atoms with E-state index in [1.54, 1.807) is 12.4 Å². The molecule has 2 rings (SSSR count). The van der Waals surface area contributed by atoms with E-state index in [9.17, 15) is 0 Å². The molecule has 1 unspecified atom stereocenters. The summed E-state index contributed by atoms with van der Waals surface area (Å²) in [6, 6.07) is 7.22. The van der Waals surface area contributed by atoms with Crippen LogP contribution in [0, 0.1) is 0 Å². The minimum atomic E-state index is -0.325. The zero-order valence-corrected chi connectivity index (χ0v) is 12.8. The van der Waals surface area contributed by atoms with Gasteiger partial charge in [-0.05, 0) is 36.2 Å². The highest BCUT2D eigenvalue weighted by atomic mass is 79.9. The number of rotatable bonds is 4. The van der Waals surface area contributed by atoms with Crippen LogP contribution in [0.4, 0.5) is 0 Å². The zero-order chi connectivity index (χ0) is 13.8. The van der Waals surface area contributed by atoms with Crippen molar-refractivity contribution in [1.29, 1.82) is 0 Å². The van der Waals surface area contributed by atoms with Crippen LogP contribution >= 0.6 is 27.5 Å². The highest BCUT2D eigenvalue weighted by Crippen LogP contribution is 2.29. The molecule has 1 atom stereocenters. The number of ether oxygens (including phenoxy) is 1. The van der Waals surface area contributed by atoms with Crippen molar-refractivity contribution in [2.45, 2.75) is 13.0 Å². The molecule has 2 aromatic rings. The highest BCUT2D eigenvalue weighted by molar-refractivity contribution is 9.10. The van der Waals surface area contributed by atoms with Crippen LogP contribution < -0.4 is 10.5 Å². The van der Waals surface area contributed by atoms with E-state index in [1.165, 1.54) is 0 Å². The van der Waals surface area contributed by atoms with Crippen molar-refractivity contribution >= 4 is 27.5 Å². The molecule has 0 aliphatic heterocycles. The molecule has 0 radical (unpaired) electrons. The van der Waals surface area contributed by atoms with Gasteiger partial charge in [-0.2, -0.15) is 0 Å². The van der Waals surface area contributed by atoms with Crippen molar-refractivity contribution in [3.63, 3.8) is 0 Å². The molecule has 0 saturated carbocycles. The first-order valence-corrected chi connectivity index (χ1v) is 7.07. The fourth-order valence-electron chi connectivity index (χ4n) is 1.78. The Morgan fingerprint density at radius 3 is 2.84 bits per heavy atom. The fraction of sp³-hybridized carbons (Fsp3) is 0.214. The molecule has 0 aliphatic carbocycles. The second-order valence-electron chi connectivity index (χ2n) is 4.03. The number of hydrogen-bond donors (Lipinski definition) is 1. The Morgan fingerprint density at radius 1 is 1.37 bits per heavy atom. The van der Waals surface area contributed by atoms with Gasteiger partial charge < -0.3 is 10.5 Å². The van der Waals surface area contributed by atoms with Crippen molar-refractivity contribution in [1.82, 2.24) is 4.98 Å². The van der Waals surface area contributed by atoms with Gasteiger partial charge in [-0.15, -0.1) is 0 Å². The van der Waals surface area contributed by atoms with Crippen LogP contribution in [0.3, 0.4) is 0 Å². The Bertz CT molecular complexity index is 577. The molecular weight excluding hydrogens is 328 g/mol. The topological polar surface area (TPSA) is 48.1 Å². The molecule has 1 aromatic carbocycles. The summed E-state index contributed by atoms with van der Waals surface area (Å²) in [5, 5.41) is 0.628. The maximum Gasteiger partial charge on any atom is 0.137 e. The van der Waals surface area contributed by atoms with Crippen LogP contribution in [0.25, 0.3) is 0 Å². The first-order chi connectivity index (χ1) is 9.11. The van der Waals surface area contributed by atoms with Gasteiger partial charge in [0.25, 0.3) is 0 Å². The number of hydrogen-bond acceptors (Lipinski definition) is 3. The second-order valence-corrected chi connectivity index (χ2v) is 5.35. The van der Waals surface area contributed by atoms with E-state index >= 15 is 0 Å². The third-order valence-corrected chi connectivity index (χ3v) is 3.52. The number of pyridine rings is 1. The summed E-state index contributed by atoms with van der Waals surface area (Å²) in [4.78, 5) is 4.14. The average Bonchev–Trinajstić information content (AvgIpc) is 2.39. The van der Waals surface area contributed by atoms with Gasteiger partial charge in [0.2, 0.25) is 0 Å². The van der Waals surface area contributed by atoms with E-state index < -0.39 is 0 Å². The van der Waals surface area contributed by atoms with Crippen LogP contribution in [0.1, 0.15) is 24.1 Å². The Balaban J connectivity index is 2.32. The fourth-order valence-corrected chi connectivity index (χ4v) is 2.58. The number of nitrogens with two attached hydrogens (primary N) is 1. The third-order valence-electron chi connectivity index (χ3n) is 2.70. The molecule has 19 heavy (non-hydrogen) atoms. The van der Waals surface area contributed by atoms with Crippen molar-refractivity contribution in [2.24, 2.45) is 5.73 Å². The standard InChI is InChI=1S/C14H14BrClN2O/c1-2-19-11-5-9(7-18-8-11)14(17)12-4-3-10(15)6-13(12)16/h3-8,14H,2,17H2,1H3. The lowest BCUT2D eigenvalue weighted by molar-refractivity contribution is 0.338. The summed E-state index contributed by atoms with van der Waals surface area (Å²) >= 11 is 9.59. The van der Waals surface area contributed by atoms with Gasteiger partial charge in [-0.1, -0.05) is 33.6 Å². The van der Waals surface area contributed by atoms with Crippen LogP contribution in [0.15, 0.2) is 41.1 Å². The van der Waals surface area contributed by atoms with E-state index in [0.29, 0.717) is 17.4 Å². The molecule has 0 spiro atoms. The second kappa shape index (κ2) is 6.37. The van der Waals surface area contributed by atoms with Crippen LogP contribution in [0.2, 0.25) is 5.02 Å². The Morgan fingerprint density at radius 2 is 2.16 bits per heavy atom. The molecular formula is C14H14BrClN2O. The normalized spacial score (nSPS) is 12.2. The molecule has 0 fully saturated rings. The minimum absolute atomic E-state index is 0.325. The van der Waals surface area contributed by atoms with Gasteiger partial charge in [0.15, 0.2) is 0 Å². The lowest BCUT2D eigenvalue weighted by atomic mass is 10.0. The largest absolute Gasteiger partial charge is 0.492 e. The molecule has 1 aromatic heterocycles. The molecule has 0 saturated heterocycles. The molecule has 2 N–H and O–H groups in total. The van der Waals surface area contributed by atoms with E-state index in [-0.39, 0.29) is 6.04 Å². The van der Waals surface area contributed by atoms with E-state index in [2.05, 4.69) is 20.9 Å². The van der Waals surface area contributed by atoms with E-state index in [4.69, 9.17) is 22.1 Å². The van der Waals surface area contributed by atoms with Crippen molar-refractivity contribution in [3.05, 3.63) is 57.3 Å². The molecule has 0 aliphatic rings. The van der Waals surface area contributed by atoms with E-state index in [0.717, 1.165) is 15.6 Å². The van der Waals surface area contributed by atoms with Gasteiger partial charge in [0.1, 0.15) is 5.75 Å². The number of nitrogens with zero attached hydrogens (tertiary/aromatic N) is 1. The SMILES string of the molecule is CCOc1cncc(C(N)c2ccc(Br)cc2Cl)c1. The van der Waals surface area contributed by atoms with E-state index in [1.807, 2.05) is 31.2 Å². The van der Waals surface area contributed by atoms with Crippen molar-refractivity contribution in [3.8, 4) is 5.75 Å². The van der Waals surface area contributed by atoms with Gasteiger partial charge in [0.05, 0.1) is 18.8 Å². The number of halogens is 2. The Hall–Kier alpha value is -1.10. The summed E-state index contributed by atoms with van der Waals surface area (Å²) in [5.74, 6) is 0.712. The summed E-state index contributed by atoms with van der Waals surface area (Å²) < 4.78 is 6.35. The Kier molecular flexibility index (Phi) is 4.80. The highest BCUT2D eigenvalue weighted by Gasteiger charge is 2.14. The monoisotopic (exact) mass is 340 g/mol. The van der Waals surface area contributed by atoms with Crippen LogP contribution in [-0.4, -0.2) is 11.6 Å². The predicted molar refractivity (Wildman–Crippen MR) is 80.6 cm³/mol. The molecule has 5 heteroatoms. The van der Waals surface area contributed by atoms with Crippen LogP contribution in [-0.2, 0) is 0 Å². The average molecular weight is 342 g/mol. The summed E-state index contributed by atoms with van der Waals surface area (Å²) in [6.07, 6.45) is 3.40. The molecule has 1 heterocycles. The van der Waals surface area contributed by atoms with Gasteiger partial charge in [-0.25, -0.2) is 0 Å². The van der Waals surface area contributed by atoms with Gasteiger partial charge in [-0.3, -0.25) is 4.98 Å². The molecule has 100 valence electrons. The predicted octanol–water partition coefficient (Wildman–Crippen LogP) is 3.94. The van der Waals surface area contributed by atoms with Gasteiger partial charge >= 0.3 is 0 Å². The third kappa shape index (κ3) is 3.47. The van der Waals surface area contributed by atoms with Crippen molar-refractivity contribution < 1.29 is 4.74 Å². The summed E-state index contributed by atoms with van der Waals surface area (Å²) in [7, 11) is 0. The van der Waals surface area contributed by atoms with Crippen molar-refractivity contribution in [2.75, 3.05) is 6.61 Å².